The van der Waals surface area contributed by atoms with Gasteiger partial charge in [0, 0.05) is 5.39 Å². The zero-order valence-corrected chi connectivity index (χ0v) is 13.0. The molecule has 1 amide bonds. The van der Waals surface area contributed by atoms with Gasteiger partial charge in [-0.2, -0.15) is 0 Å². The van der Waals surface area contributed by atoms with Crippen LogP contribution in [0.3, 0.4) is 0 Å². The number of rotatable bonds is 3. The van der Waals surface area contributed by atoms with Gasteiger partial charge < -0.3 is 5.32 Å². The Morgan fingerprint density at radius 2 is 1.70 bits per heavy atom. The molecule has 0 saturated carbocycles. The van der Waals surface area contributed by atoms with Crippen LogP contribution in [0.25, 0.3) is 21.1 Å². The molecule has 4 nitrogen and oxygen atoms in total. The number of para-hydroxylation sites is 2. The van der Waals surface area contributed by atoms with Crippen molar-refractivity contribution in [3.05, 3.63) is 71.4 Å². The lowest BCUT2D eigenvalue weighted by molar-refractivity contribution is 0.0946. The zero-order chi connectivity index (χ0) is 15.6. The van der Waals surface area contributed by atoms with Gasteiger partial charge in [-0.3, -0.25) is 4.79 Å². The van der Waals surface area contributed by atoms with Crippen molar-refractivity contribution < 1.29 is 4.79 Å². The third-order valence-electron chi connectivity index (χ3n) is 3.57. The van der Waals surface area contributed by atoms with Gasteiger partial charge >= 0.3 is 0 Å². The van der Waals surface area contributed by atoms with Crippen LogP contribution in [0, 0.1) is 0 Å². The second-order valence-electron chi connectivity index (χ2n) is 5.15. The summed E-state index contributed by atoms with van der Waals surface area (Å²) in [6.45, 7) is 0.409. The van der Waals surface area contributed by atoms with Crippen LogP contribution in [-0.2, 0) is 6.54 Å². The quantitative estimate of drug-likeness (QED) is 0.625. The van der Waals surface area contributed by atoms with E-state index >= 15 is 0 Å². The Morgan fingerprint density at radius 1 is 0.913 bits per heavy atom. The third-order valence-corrected chi connectivity index (χ3v) is 4.61. The molecule has 0 spiro atoms. The third kappa shape index (κ3) is 2.78. The zero-order valence-electron chi connectivity index (χ0n) is 12.2. The van der Waals surface area contributed by atoms with Crippen LogP contribution in [0.2, 0.25) is 0 Å². The highest BCUT2D eigenvalue weighted by molar-refractivity contribution is 7.18. The van der Waals surface area contributed by atoms with E-state index in [-0.39, 0.29) is 5.91 Å². The number of pyridine rings is 1. The summed E-state index contributed by atoms with van der Waals surface area (Å²) in [4.78, 5) is 21.2. The molecule has 0 aliphatic heterocycles. The Labute approximate surface area is 136 Å². The molecule has 0 radical (unpaired) electrons. The molecule has 0 fully saturated rings. The van der Waals surface area contributed by atoms with Crippen molar-refractivity contribution in [1.29, 1.82) is 0 Å². The van der Waals surface area contributed by atoms with Crippen LogP contribution in [-0.4, -0.2) is 15.9 Å². The molecule has 0 saturated heterocycles. The number of aromatic nitrogens is 2. The molecule has 2 aromatic heterocycles. The van der Waals surface area contributed by atoms with Crippen LogP contribution in [0.5, 0.6) is 0 Å². The summed E-state index contributed by atoms with van der Waals surface area (Å²) < 4.78 is 1.13. The average molecular weight is 319 g/mol. The lowest BCUT2D eigenvalue weighted by atomic mass is 10.2. The first-order valence-corrected chi connectivity index (χ1v) is 8.10. The van der Waals surface area contributed by atoms with E-state index in [0.29, 0.717) is 12.2 Å². The van der Waals surface area contributed by atoms with Crippen molar-refractivity contribution in [2.75, 3.05) is 0 Å². The van der Waals surface area contributed by atoms with E-state index in [2.05, 4.69) is 15.3 Å². The number of carbonyl (C=O) groups is 1. The van der Waals surface area contributed by atoms with Crippen molar-refractivity contribution in [1.82, 2.24) is 15.3 Å². The largest absolute Gasteiger partial charge is 0.344 e. The first-order valence-electron chi connectivity index (χ1n) is 7.28. The molecule has 0 unspecified atom stereocenters. The van der Waals surface area contributed by atoms with Crippen molar-refractivity contribution >= 4 is 38.4 Å². The normalized spacial score (nSPS) is 11.0. The molecule has 1 N–H and O–H groups in total. The fraction of sp³-hybridized carbons (Fsp3) is 0.0556. The van der Waals surface area contributed by atoms with E-state index in [1.807, 2.05) is 54.6 Å². The fourth-order valence-corrected chi connectivity index (χ4v) is 3.34. The van der Waals surface area contributed by atoms with Crippen LogP contribution in [0.1, 0.15) is 15.5 Å². The van der Waals surface area contributed by atoms with E-state index < -0.39 is 0 Å². The van der Waals surface area contributed by atoms with Crippen LogP contribution >= 0.6 is 11.3 Å². The van der Waals surface area contributed by atoms with Crippen LogP contribution in [0.15, 0.2) is 60.7 Å². The minimum Gasteiger partial charge on any atom is -0.344 e. The number of benzene rings is 2. The second-order valence-corrected chi connectivity index (χ2v) is 6.26. The van der Waals surface area contributed by atoms with Crippen molar-refractivity contribution in [2.45, 2.75) is 6.54 Å². The van der Waals surface area contributed by atoms with Gasteiger partial charge in [0.15, 0.2) is 0 Å². The molecule has 112 valence electrons. The standard InChI is InChI=1S/C18H13N3OS/c22-18(15-10-9-12-5-1-2-6-13(12)20-15)19-11-17-21-14-7-3-4-8-16(14)23-17/h1-10H,11H2,(H,19,22). The van der Waals surface area contributed by atoms with Gasteiger partial charge in [-0.25, -0.2) is 9.97 Å². The minimum atomic E-state index is -0.185. The molecular formula is C18H13N3OS. The average Bonchev–Trinajstić information content (AvgIpc) is 3.02. The Kier molecular flexibility index (Phi) is 3.48. The number of nitrogens with zero attached hydrogens (tertiary/aromatic N) is 2. The molecular weight excluding hydrogens is 306 g/mol. The summed E-state index contributed by atoms with van der Waals surface area (Å²) in [7, 11) is 0. The minimum absolute atomic E-state index is 0.185. The van der Waals surface area contributed by atoms with E-state index in [4.69, 9.17) is 0 Å². The highest BCUT2D eigenvalue weighted by Gasteiger charge is 2.09. The Bertz CT molecular complexity index is 976. The Morgan fingerprint density at radius 3 is 2.57 bits per heavy atom. The molecule has 0 bridgehead atoms. The van der Waals surface area contributed by atoms with Gasteiger partial charge in [-0.1, -0.05) is 36.4 Å². The van der Waals surface area contributed by atoms with Gasteiger partial charge in [0.1, 0.15) is 10.7 Å². The van der Waals surface area contributed by atoms with E-state index in [1.54, 1.807) is 17.4 Å². The molecule has 23 heavy (non-hydrogen) atoms. The number of hydrogen-bond donors (Lipinski definition) is 1. The summed E-state index contributed by atoms with van der Waals surface area (Å²) in [5.74, 6) is -0.185. The van der Waals surface area contributed by atoms with Gasteiger partial charge in [-0.15, -0.1) is 11.3 Å². The number of nitrogens with one attached hydrogen (secondary N) is 1. The van der Waals surface area contributed by atoms with Gasteiger partial charge in [0.05, 0.1) is 22.3 Å². The maximum atomic E-state index is 12.3. The monoisotopic (exact) mass is 319 g/mol. The maximum absolute atomic E-state index is 12.3. The summed E-state index contributed by atoms with van der Waals surface area (Å²) in [5, 5.41) is 4.80. The highest BCUT2D eigenvalue weighted by atomic mass is 32.1. The highest BCUT2D eigenvalue weighted by Crippen LogP contribution is 2.21. The topological polar surface area (TPSA) is 54.9 Å². The first kappa shape index (κ1) is 13.8. The van der Waals surface area contributed by atoms with Crippen molar-refractivity contribution in [3.8, 4) is 0 Å². The summed E-state index contributed by atoms with van der Waals surface area (Å²) >= 11 is 1.59. The lowest BCUT2D eigenvalue weighted by Gasteiger charge is -2.04. The molecule has 2 heterocycles. The lowest BCUT2D eigenvalue weighted by Crippen LogP contribution is -2.23. The molecule has 2 aromatic carbocycles. The SMILES string of the molecule is O=C(NCc1nc2ccccc2s1)c1ccc2ccccc2n1. The number of thiazole rings is 1. The second kappa shape index (κ2) is 5.78. The molecule has 0 aliphatic rings. The van der Waals surface area contributed by atoms with Crippen LogP contribution in [0.4, 0.5) is 0 Å². The van der Waals surface area contributed by atoms with E-state index in [9.17, 15) is 4.79 Å². The molecule has 4 rings (SSSR count). The Balaban J connectivity index is 1.52. The van der Waals surface area contributed by atoms with E-state index in [0.717, 1.165) is 26.1 Å². The summed E-state index contributed by atoms with van der Waals surface area (Å²) in [6.07, 6.45) is 0. The first-order chi connectivity index (χ1) is 11.3. The summed E-state index contributed by atoms with van der Waals surface area (Å²) in [5.41, 5.74) is 2.20. The maximum Gasteiger partial charge on any atom is 0.270 e. The summed E-state index contributed by atoms with van der Waals surface area (Å²) in [6, 6.07) is 19.4. The van der Waals surface area contributed by atoms with Crippen molar-refractivity contribution in [2.24, 2.45) is 0 Å². The fourth-order valence-electron chi connectivity index (χ4n) is 2.43. The Hall–Kier alpha value is -2.79. The number of hydrogen-bond acceptors (Lipinski definition) is 4. The number of amides is 1. The van der Waals surface area contributed by atoms with Gasteiger partial charge in [-0.05, 0) is 24.3 Å². The molecule has 5 heteroatoms. The number of carbonyl (C=O) groups excluding carboxylic acids is 1. The van der Waals surface area contributed by atoms with Gasteiger partial charge in [0.2, 0.25) is 0 Å². The van der Waals surface area contributed by atoms with E-state index in [1.165, 1.54) is 0 Å². The van der Waals surface area contributed by atoms with Crippen LogP contribution < -0.4 is 5.32 Å². The van der Waals surface area contributed by atoms with Crippen molar-refractivity contribution in [3.63, 3.8) is 0 Å². The molecule has 0 atom stereocenters. The molecule has 4 aromatic rings. The predicted octanol–water partition coefficient (Wildman–Crippen LogP) is 3.77. The molecule has 0 aliphatic carbocycles. The smallest absolute Gasteiger partial charge is 0.270 e. The predicted molar refractivity (Wildman–Crippen MR) is 92.5 cm³/mol. The number of fused-ring (bicyclic) bond motifs is 2. The van der Waals surface area contributed by atoms with Gasteiger partial charge in [0.25, 0.3) is 5.91 Å².